The summed E-state index contributed by atoms with van der Waals surface area (Å²) in [7, 11) is 2.79. The monoisotopic (exact) mass is 469 g/mol. The predicted molar refractivity (Wildman–Crippen MR) is 126 cm³/mol. The number of furan rings is 1. The van der Waals surface area contributed by atoms with Gasteiger partial charge in [-0.1, -0.05) is 6.08 Å². The molecule has 1 amide bonds. The molecule has 0 spiro atoms. The highest BCUT2D eigenvalue weighted by atomic mass is 16.5. The number of rotatable bonds is 6. The maximum atomic E-state index is 13.8. The van der Waals surface area contributed by atoms with Crippen LogP contribution in [0.3, 0.4) is 0 Å². The molecule has 0 radical (unpaired) electrons. The third kappa shape index (κ3) is 4.94. The van der Waals surface area contributed by atoms with Gasteiger partial charge in [0.25, 0.3) is 11.5 Å². The Morgan fingerprint density at radius 3 is 2.76 bits per heavy atom. The molecule has 2 aliphatic rings. The van der Waals surface area contributed by atoms with Crippen LogP contribution >= 0.6 is 0 Å². The molecule has 1 fully saturated rings. The molecule has 2 aromatic rings. The predicted octanol–water partition coefficient (Wildman–Crippen LogP) is 2.19. The van der Waals surface area contributed by atoms with Gasteiger partial charge in [0.1, 0.15) is 23.1 Å². The summed E-state index contributed by atoms with van der Waals surface area (Å²) in [6.45, 7) is 2.97. The largest absolute Gasteiger partial charge is 0.496 e. The highest BCUT2D eigenvalue weighted by Crippen LogP contribution is 2.28. The fraction of sp³-hybridized carbons (Fsp3) is 0.480. The molecule has 182 valence electrons. The minimum Gasteiger partial charge on any atom is -0.496 e. The van der Waals surface area contributed by atoms with Crippen LogP contribution in [0.5, 0.6) is 5.75 Å². The van der Waals surface area contributed by atoms with E-state index in [0.29, 0.717) is 56.8 Å². The van der Waals surface area contributed by atoms with Crippen molar-refractivity contribution in [1.82, 2.24) is 14.4 Å². The number of nitrogens with zero attached hydrogens (tertiary/aromatic N) is 3. The number of amides is 1. The van der Waals surface area contributed by atoms with Crippen molar-refractivity contribution in [2.75, 3.05) is 40.4 Å². The molecule has 1 atom stereocenters. The Kier molecular flexibility index (Phi) is 7.52. The van der Waals surface area contributed by atoms with E-state index in [1.807, 2.05) is 24.3 Å². The number of ether oxygens (including phenoxy) is 2. The minimum atomic E-state index is -0.627. The summed E-state index contributed by atoms with van der Waals surface area (Å²) in [4.78, 5) is 42.8. The number of hydrogen-bond donors (Lipinski definition) is 0. The highest BCUT2D eigenvalue weighted by molar-refractivity contribution is 6.00. The summed E-state index contributed by atoms with van der Waals surface area (Å²) < 4.78 is 17.4. The molecule has 2 aromatic heterocycles. The van der Waals surface area contributed by atoms with Gasteiger partial charge < -0.3 is 23.4 Å². The van der Waals surface area contributed by atoms with E-state index in [1.54, 1.807) is 15.7 Å². The normalized spacial score (nSPS) is 19.0. The summed E-state index contributed by atoms with van der Waals surface area (Å²) in [5, 5.41) is 0. The first-order chi connectivity index (χ1) is 16.5. The average Bonchev–Trinajstić information content (AvgIpc) is 3.29. The van der Waals surface area contributed by atoms with Crippen LogP contribution in [0.4, 0.5) is 0 Å². The molecule has 0 N–H and O–H groups in total. The van der Waals surface area contributed by atoms with Crippen molar-refractivity contribution in [3.8, 4) is 5.75 Å². The van der Waals surface area contributed by atoms with Gasteiger partial charge in [0.05, 0.1) is 20.5 Å². The summed E-state index contributed by atoms with van der Waals surface area (Å²) in [5.74, 6) is 0.331. The maximum absolute atomic E-state index is 13.8. The smallest absolute Gasteiger partial charge is 0.328 e. The van der Waals surface area contributed by atoms with Gasteiger partial charge in [0.15, 0.2) is 0 Å². The van der Waals surface area contributed by atoms with E-state index < -0.39 is 12.0 Å². The van der Waals surface area contributed by atoms with E-state index in [1.165, 1.54) is 20.3 Å². The van der Waals surface area contributed by atoms with Crippen molar-refractivity contribution in [2.45, 2.75) is 38.3 Å². The molecule has 2 aliphatic heterocycles. The number of fused-ring (bicyclic) bond motifs is 1. The molecule has 1 saturated heterocycles. The van der Waals surface area contributed by atoms with Gasteiger partial charge in [0, 0.05) is 50.9 Å². The average molecular weight is 470 g/mol. The van der Waals surface area contributed by atoms with Gasteiger partial charge >= 0.3 is 5.97 Å². The van der Waals surface area contributed by atoms with E-state index in [4.69, 9.17) is 13.9 Å². The molecule has 0 bridgehead atoms. The quantitative estimate of drug-likeness (QED) is 0.599. The fourth-order valence-corrected chi connectivity index (χ4v) is 4.77. The number of aromatic nitrogens is 1. The first-order valence-electron chi connectivity index (χ1n) is 11.7. The number of likely N-dealkylation sites (tertiary alicyclic amines) is 1. The van der Waals surface area contributed by atoms with Crippen LogP contribution in [0.15, 0.2) is 39.7 Å². The topological polar surface area (TPSA) is 94.2 Å². The number of methoxy groups -OCH3 is 2. The van der Waals surface area contributed by atoms with Gasteiger partial charge in [-0.05, 0) is 37.5 Å². The van der Waals surface area contributed by atoms with Crippen LogP contribution in [0.25, 0.3) is 6.08 Å². The fourth-order valence-electron chi connectivity index (χ4n) is 4.77. The maximum Gasteiger partial charge on any atom is 0.328 e. The van der Waals surface area contributed by atoms with Gasteiger partial charge in [-0.2, -0.15) is 0 Å². The molecule has 4 heterocycles. The van der Waals surface area contributed by atoms with E-state index in [0.717, 1.165) is 18.6 Å². The van der Waals surface area contributed by atoms with E-state index in [9.17, 15) is 14.4 Å². The Hall–Kier alpha value is -3.33. The van der Waals surface area contributed by atoms with Crippen molar-refractivity contribution in [3.63, 3.8) is 0 Å². The first-order valence-corrected chi connectivity index (χ1v) is 11.7. The number of esters is 1. The van der Waals surface area contributed by atoms with Crippen molar-refractivity contribution >= 4 is 18.0 Å². The zero-order valence-corrected chi connectivity index (χ0v) is 19.7. The number of pyridine rings is 1. The second-order valence-electron chi connectivity index (χ2n) is 8.53. The van der Waals surface area contributed by atoms with Crippen LogP contribution in [-0.2, 0) is 22.5 Å². The third-order valence-electron chi connectivity index (χ3n) is 6.55. The van der Waals surface area contributed by atoms with Crippen LogP contribution < -0.4 is 10.3 Å². The Balaban J connectivity index is 1.61. The SMILES string of the molecule is COC(=O)C1CCCCN1C(=O)c1c(OC)cc(=O)n2c1CCN(CC=Cc1ccco1)CC2. The lowest BCUT2D eigenvalue weighted by molar-refractivity contribution is -0.147. The van der Waals surface area contributed by atoms with Crippen molar-refractivity contribution in [1.29, 1.82) is 0 Å². The lowest BCUT2D eigenvalue weighted by Gasteiger charge is -2.34. The molecular formula is C25H31N3O6. The highest BCUT2D eigenvalue weighted by Gasteiger charge is 2.36. The van der Waals surface area contributed by atoms with Gasteiger partial charge in [-0.15, -0.1) is 0 Å². The Bertz CT molecular complexity index is 1100. The summed E-state index contributed by atoms with van der Waals surface area (Å²) in [6, 6.07) is 4.48. The zero-order chi connectivity index (χ0) is 24.1. The Morgan fingerprint density at radius 1 is 1.18 bits per heavy atom. The summed E-state index contributed by atoms with van der Waals surface area (Å²) in [5.41, 5.74) is 0.825. The first kappa shape index (κ1) is 23.8. The molecule has 4 rings (SSSR count). The molecule has 0 aromatic carbocycles. The van der Waals surface area contributed by atoms with Crippen molar-refractivity contribution < 1.29 is 23.5 Å². The number of hydrogen-bond acceptors (Lipinski definition) is 7. The molecule has 34 heavy (non-hydrogen) atoms. The standard InChI is InChI=1S/C25H31N3O6/c1-32-21-17-22(29)27-15-14-26(11-5-7-18-8-6-16-34-18)13-10-19(27)23(21)24(30)28-12-4-3-9-20(28)25(31)33-2/h5-8,16-17,20H,3-4,9-15H2,1-2H3. The summed E-state index contributed by atoms with van der Waals surface area (Å²) in [6.07, 6.45) is 8.32. The zero-order valence-electron chi connectivity index (χ0n) is 19.7. The lowest BCUT2D eigenvalue weighted by atomic mass is 9.99. The molecule has 1 unspecified atom stereocenters. The number of carbonyl (C=O) groups is 2. The minimum absolute atomic E-state index is 0.195. The second kappa shape index (κ2) is 10.7. The number of piperidine rings is 1. The molecule has 0 aliphatic carbocycles. The Morgan fingerprint density at radius 2 is 2.03 bits per heavy atom. The van der Waals surface area contributed by atoms with Gasteiger partial charge in [-0.3, -0.25) is 14.5 Å². The van der Waals surface area contributed by atoms with Gasteiger partial charge in [-0.25, -0.2) is 4.79 Å². The molecule has 9 nitrogen and oxygen atoms in total. The van der Waals surface area contributed by atoms with Crippen LogP contribution in [0.2, 0.25) is 0 Å². The molecule has 9 heteroatoms. The second-order valence-corrected chi connectivity index (χ2v) is 8.53. The van der Waals surface area contributed by atoms with Crippen LogP contribution in [-0.4, -0.2) is 72.7 Å². The number of carbonyl (C=O) groups excluding carboxylic acids is 2. The van der Waals surface area contributed by atoms with Crippen LogP contribution in [0, 0.1) is 0 Å². The third-order valence-corrected chi connectivity index (χ3v) is 6.55. The van der Waals surface area contributed by atoms with E-state index >= 15 is 0 Å². The van der Waals surface area contributed by atoms with E-state index in [-0.39, 0.29) is 17.2 Å². The van der Waals surface area contributed by atoms with Crippen LogP contribution in [0.1, 0.15) is 41.1 Å². The molecule has 0 saturated carbocycles. The lowest BCUT2D eigenvalue weighted by Crippen LogP contribution is -2.49. The van der Waals surface area contributed by atoms with Crippen molar-refractivity contribution in [3.05, 3.63) is 57.9 Å². The van der Waals surface area contributed by atoms with Gasteiger partial charge in [0.2, 0.25) is 0 Å². The Labute approximate surface area is 198 Å². The molecular weight excluding hydrogens is 438 g/mol. The van der Waals surface area contributed by atoms with Crippen molar-refractivity contribution in [2.24, 2.45) is 0 Å². The summed E-state index contributed by atoms with van der Waals surface area (Å²) >= 11 is 0. The van der Waals surface area contributed by atoms with E-state index in [2.05, 4.69) is 4.90 Å².